The molecule has 1 amide bonds. The topological polar surface area (TPSA) is 85.4 Å². The highest BCUT2D eigenvalue weighted by Gasteiger charge is 2.04. The molecule has 0 unspecified atom stereocenters. The maximum atomic E-state index is 10.6. The van der Waals surface area contributed by atoms with E-state index in [-0.39, 0.29) is 5.91 Å². The molecule has 0 aliphatic carbocycles. The lowest BCUT2D eigenvalue weighted by atomic mass is 10.5. The lowest BCUT2D eigenvalue weighted by molar-refractivity contribution is -0.118. The van der Waals surface area contributed by atoms with Crippen molar-refractivity contribution in [2.24, 2.45) is 0 Å². The van der Waals surface area contributed by atoms with Gasteiger partial charge < -0.3 is 20.1 Å². The van der Waals surface area contributed by atoms with Gasteiger partial charge in [-0.25, -0.2) is 0 Å². The molecule has 94 valence electrons. The average Bonchev–Trinajstić information content (AvgIpc) is 2.34. The summed E-state index contributed by atoms with van der Waals surface area (Å²) in [5.74, 6) is 1.15. The second-order valence-electron chi connectivity index (χ2n) is 3.19. The number of anilines is 1. The van der Waals surface area contributed by atoms with Crippen LogP contribution in [-0.4, -0.2) is 43.2 Å². The standard InChI is InChI=1S/C10H16N4O3/c1-7(15)11-4-5-12-10-13-8(16-2)6-9(14-10)17-3/h6H,4-5H2,1-3H3,(H,11,15)(H,12,13,14). The van der Waals surface area contributed by atoms with Crippen molar-refractivity contribution < 1.29 is 14.3 Å². The van der Waals surface area contributed by atoms with Crippen LogP contribution in [0, 0.1) is 0 Å². The van der Waals surface area contributed by atoms with Gasteiger partial charge in [-0.1, -0.05) is 0 Å². The Morgan fingerprint density at radius 1 is 1.24 bits per heavy atom. The molecule has 1 aromatic rings. The molecule has 2 N–H and O–H groups in total. The zero-order chi connectivity index (χ0) is 12.7. The molecule has 0 radical (unpaired) electrons. The number of nitrogens with one attached hydrogen (secondary N) is 2. The summed E-state index contributed by atoms with van der Waals surface area (Å²) in [6.07, 6.45) is 0. The van der Waals surface area contributed by atoms with Gasteiger partial charge in [-0.05, 0) is 0 Å². The monoisotopic (exact) mass is 240 g/mol. The van der Waals surface area contributed by atoms with Crippen molar-refractivity contribution in [1.82, 2.24) is 15.3 Å². The van der Waals surface area contributed by atoms with Crippen LogP contribution in [0.15, 0.2) is 6.07 Å². The van der Waals surface area contributed by atoms with Crippen LogP contribution in [-0.2, 0) is 4.79 Å². The summed E-state index contributed by atoms with van der Waals surface area (Å²) in [5, 5.41) is 5.61. The van der Waals surface area contributed by atoms with Crippen LogP contribution in [0.3, 0.4) is 0 Å². The van der Waals surface area contributed by atoms with Crippen LogP contribution in [0.25, 0.3) is 0 Å². The van der Waals surface area contributed by atoms with Gasteiger partial charge in [0.1, 0.15) is 0 Å². The number of methoxy groups -OCH3 is 2. The van der Waals surface area contributed by atoms with Gasteiger partial charge in [0.2, 0.25) is 23.6 Å². The SMILES string of the molecule is COc1cc(OC)nc(NCCNC(C)=O)n1. The number of amides is 1. The van der Waals surface area contributed by atoms with Crippen molar-refractivity contribution in [3.63, 3.8) is 0 Å². The molecule has 1 aromatic heterocycles. The molecule has 0 aromatic carbocycles. The number of hydrogen-bond donors (Lipinski definition) is 2. The van der Waals surface area contributed by atoms with E-state index in [9.17, 15) is 4.79 Å². The largest absolute Gasteiger partial charge is 0.481 e. The van der Waals surface area contributed by atoms with Crippen molar-refractivity contribution in [2.45, 2.75) is 6.92 Å². The van der Waals surface area contributed by atoms with Gasteiger partial charge in [0.15, 0.2) is 0 Å². The molecule has 1 rings (SSSR count). The summed E-state index contributed by atoms with van der Waals surface area (Å²) >= 11 is 0. The van der Waals surface area contributed by atoms with Crippen LogP contribution in [0.1, 0.15) is 6.92 Å². The van der Waals surface area contributed by atoms with E-state index in [2.05, 4.69) is 20.6 Å². The molecule has 0 bridgehead atoms. The molecule has 0 aliphatic heterocycles. The van der Waals surface area contributed by atoms with Gasteiger partial charge in [0.05, 0.1) is 20.3 Å². The van der Waals surface area contributed by atoms with Crippen LogP contribution in [0.4, 0.5) is 5.95 Å². The van der Waals surface area contributed by atoms with Crippen molar-refractivity contribution in [1.29, 1.82) is 0 Å². The molecule has 17 heavy (non-hydrogen) atoms. The number of hydrogen-bond acceptors (Lipinski definition) is 6. The normalized spacial score (nSPS) is 9.59. The predicted octanol–water partition coefficient (Wildman–Crippen LogP) is 0.0418. The number of rotatable bonds is 6. The molecule has 0 spiro atoms. The maximum Gasteiger partial charge on any atom is 0.229 e. The molecule has 0 saturated carbocycles. The minimum atomic E-state index is -0.0732. The third kappa shape index (κ3) is 4.54. The Labute approximate surface area is 99.5 Å². The Balaban J connectivity index is 2.54. The first-order valence-corrected chi connectivity index (χ1v) is 5.11. The van der Waals surface area contributed by atoms with Gasteiger partial charge in [-0.3, -0.25) is 4.79 Å². The van der Waals surface area contributed by atoms with Crippen molar-refractivity contribution in [3.8, 4) is 11.8 Å². The second-order valence-corrected chi connectivity index (χ2v) is 3.19. The Morgan fingerprint density at radius 3 is 2.29 bits per heavy atom. The number of ether oxygens (including phenoxy) is 2. The Kier molecular flexibility index (Phi) is 4.99. The van der Waals surface area contributed by atoms with E-state index in [0.29, 0.717) is 30.8 Å². The molecule has 0 aliphatic rings. The highest BCUT2D eigenvalue weighted by molar-refractivity contribution is 5.72. The highest BCUT2D eigenvalue weighted by atomic mass is 16.5. The quantitative estimate of drug-likeness (QED) is 0.683. The average molecular weight is 240 g/mol. The van der Waals surface area contributed by atoms with E-state index < -0.39 is 0 Å². The van der Waals surface area contributed by atoms with E-state index in [4.69, 9.17) is 9.47 Å². The van der Waals surface area contributed by atoms with Gasteiger partial charge in [0.25, 0.3) is 0 Å². The van der Waals surface area contributed by atoms with Crippen LogP contribution in [0.2, 0.25) is 0 Å². The summed E-state index contributed by atoms with van der Waals surface area (Å²) in [4.78, 5) is 18.8. The fraction of sp³-hybridized carbons (Fsp3) is 0.500. The van der Waals surface area contributed by atoms with E-state index >= 15 is 0 Å². The van der Waals surface area contributed by atoms with E-state index in [1.165, 1.54) is 21.1 Å². The predicted molar refractivity (Wildman–Crippen MR) is 62.3 cm³/mol. The van der Waals surface area contributed by atoms with Gasteiger partial charge in [0, 0.05) is 20.0 Å². The van der Waals surface area contributed by atoms with Crippen molar-refractivity contribution in [2.75, 3.05) is 32.6 Å². The summed E-state index contributed by atoms with van der Waals surface area (Å²) in [6.45, 7) is 2.49. The molecule has 1 heterocycles. The summed E-state index contributed by atoms with van der Waals surface area (Å²) < 4.78 is 10.0. The van der Waals surface area contributed by atoms with Crippen molar-refractivity contribution in [3.05, 3.63) is 6.07 Å². The highest BCUT2D eigenvalue weighted by Crippen LogP contribution is 2.16. The third-order valence-corrected chi connectivity index (χ3v) is 1.88. The van der Waals surface area contributed by atoms with Crippen LogP contribution in [0.5, 0.6) is 11.8 Å². The molecular weight excluding hydrogens is 224 g/mol. The summed E-state index contributed by atoms with van der Waals surface area (Å²) in [5.41, 5.74) is 0. The molecule has 0 atom stereocenters. The van der Waals surface area contributed by atoms with E-state index in [1.807, 2.05) is 0 Å². The van der Waals surface area contributed by atoms with Crippen LogP contribution >= 0.6 is 0 Å². The van der Waals surface area contributed by atoms with Gasteiger partial charge in [-0.2, -0.15) is 9.97 Å². The lowest BCUT2D eigenvalue weighted by Gasteiger charge is -2.08. The minimum absolute atomic E-state index is 0.0732. The van der Waals surface area contributed by atoms with Gasteiger partial charge >= 0.3 is 0 Å². The van der Waals surface area contributed by atoms with E-state index in [1.54, 1.807) is 6.07 Å². The lowest BCUT2D eigenvalue weighted by Crippen LogP contribution is -2.26. The number of aromatic nitrogens is 2. The fourth-order valence-electron chi connectivity index (χ4n) is 1.10. The summed E-state index contributed by atoms with van der Waals surface area (Å²) in [6, 6.07) is 1.58. The van der Waals surface area contributed by atoms with E-state index in [0.717, 1.165) is 0 Å². The maximum absolute atomic E-state index is 10.6. The van der Waals surface area contributed by atoms with Crippen molar-refractivity contribution >= 4 is 11.9 Å². The first-order valence-electron chi connectivity index (χ1n) is 5.11. The summed E-state index contributed by atoms with van der Waals surface area (Å²) in [7, 11) is 3.03. The zero-order valence-electron chi connectivity index (χ0n) is 10.1. The minimum Gasteiger partial charge on any atom is -0.481 e. The Morgan fingerprint density at radius 2 is 1.82 bits per heavy atom. The Bertz CT molecular complexity index is 362. The Hall–Kier alpha value is -2.05. The molecular formula is C10H16N4O3. The fourth-order valence-corrected chi connectivity index (χ4v) is 1.10. The second kappa shape index (κ2) is 6.51. The third-order valence-electron chi connectivity index (χ3n) is 1.88. The zero-order valence-corrected chi connectivity index (χ0v) is 10.1. The molecule has 0 fully saturated rings. The first-order chi connectivity index (χ1) is 8.15. The number of nitrogens with zero attached hydrogens (tertiary/aromatic N) is 2. The molecule has 7 heteroatoms. The number of carbonyl (C=O) groups excluding carboxylic acids is 1. The first kappa shape index (κ1) is 13.0. The van der Waals surface area contributed by atoms with Gasteiger partial charge in [-0.15, -0.1) is 0 Å². The smallest absolute Gasteiger partial charge is 0.229 e. The van der Waals surface area contributed by atoms with Crippen LogP contribution < -0.4 is 20.1 Å². The molecule has 0 saturated heterocycles. The number of carbonyl (C=O) groups is 1. The molecule has 7 nitrogen and oxygen atoms in total.